The van der Waals surface area contributed by atoms with Crippen molar-refractivity contribution in [3.63, 3.8) is 0 Å². The Balaban J connectivity index is 2.56. The van der Waals surface area contributed by atoms with E-state index in [0.717, 1.165) is 11.8 Å². The van der Waals surface area contributed by atoms with Crippen LogP contribution in [0.3, 0.4) is 0 Å². The van der Waals surface area contributed by atoms with Gasteiger partial charge in [0.05, 0.1) is 0 Å². The monoisotopic (exact) mass is 248 g/mol. The van der Waals surface area contributed by atoms with E-state index in [9.17, 15) is 9.59 Å². The lowest BCUT2D eigenvalue weighted by molar-refractivity contribution is 0.112. The van der Waals surface area contributed by atoms with E-state index in [1.54, 1.807) is 24.3 Å². The summed E-state index contributed by atoms with van der Waals surface area (Å²) in [5, 5.41) is 4.15. The van der Waals surface area contributed by atoms with Crippen molar-refractivity contribution in [3.8, 4) is 11.1 Å². The molecule has 0 saturated heterocycles. The molecule has 86 valence electrons. The standard InChI is InChI=1S/C12H9ClN2O2/c1-15-11(17)6-10(12(13)14-15)9-4-2-8(7-16)3-5-9/h2-7H,1H3. The van der Waals surface area contributed by atoms with Gasteiger partial charge in [0.15, 0.2) is 5.15 Å². The van der Waals surface area contributed by atoms with Crippen LogP contribution in [0.5, 0.6) is 0 Å². The Morgan fingerprint density at radius 2 is 1.94 bits per heavy atom. The van der Waals surface area contributed by atoms with Crippen molar-refractivity contribution in [3.05, 3.63) is 51.4 Å². The minimum Gasteiger partial charge on any atom is -0.298 e. The molecule has 0 bridgehead atoms. The van der Waals surface area contributed by atoms with Crippen LogP contribution in [-0.2, 0) is 7.05 Å². The fourth-order valence-electron chi connectivity index (χ4n) is 1.45. The Hall–Kier alpha value is -1.94. The van der Waals surface area contributed by atoms with E-state index in [1.165, 1.54) is 17.8 Å². The molecule has 1 aromatic carbocycles. The van der Waals surface area contributed by atoms with Crippen molar-refractivity contribution in [2.24, 2.45) is 7.05 Å². The number of benzene rings is 1. The van der Waals surface area contributed by atoms with E-state index in [2.05, 4.69) is 5.10 Å². The Kier molecular flexibility index (Phi) is 3.06. The minimum absolute atomic E-state index is 0.233. The Bertz CT molecular complexity index is 617. The molecule has 0 atom stereocenters. The van der Waals surface area contributed by atoms with Crippen LogP contribution in [0.4, 0.5) is 0 Å². The first-order valence-electron chi connectivity index (χ1n) is 4.91. The lowest BCUT2D eigenvalue weighted by Crippen LogP contribution is -2.18. The molecular formula is C12H9ClN2O2. The molecule has 0 saturated carbocycles. The molecule has 0 aliphatic heterocycles. The highest BCUT2D eigenvalue weighted by molar-refractivity contribution is 6.32. The van der Waals surface area contributed by atoms with Crippen LogP contribution < -0.4 is 5.56 Å². The predicted octanol–water partition coefficient (Wildman–Crippen LogP) is 1.91. The van der Waals surface area contributed by atoms with Crippen molar-refractivity contribution in [2.75, 3.05) is 0 Å². The summed E-state index contributed by atoms with van der Waals surface area (Å²) in [5.41, 5.74) is 1.66. The summed E-state index contributed by atoms with van der Waals surface area (Å²) in [6, 6.07) is 8.20. The van der Waals surface area contributed by atoms with Crippen LogP contribution in [0.2, 0.25) is 5.15 Å². The summed E-state index contributed by atoms with van der Waals surface area (Å²) >= 11 is 5.97. The highest BCUT2D eigenvalue weighted by atomic mass is 35.5. The molecule has 2 aromatic rings. The number of aromatic nitrogens is 2. The van der Waals surface area contributed by atoms with Crippen LogP contribution in [0.15, 0.2) is 35.1 Å². The number of hydrogen-bond donors (Lipinski definition) is 0. The summed E-state index contributed by atoms with van der Waals surface area (Å²) < 4.78 is 1.17. The van der Waals surface area contributed by atoms with Gasteiger partial charge in [-0.1, -0.05) is 35.9 Å². The van der Waals surface area contributed by atoms with Crippen molar-refractivity contribution in [2.45, 2.75) is 0 Å². The van der Waals surface area contributed by atoms with Gasteiger partial charge in [0.2, 0.25) is 0 Å². The molecule has 0 N–H and O–H groups in total. The zero-order valence-electron chi connectivity index (χ0n) is 9.05. The van der Waals surface area contributed by atoms with Crippen LogP contribution in [0, 0.1) is 0 Å². The van der Waals surface area contributed by atoms with Gasteiger partial charge in [-0.15, -0.1) is 0 Å². The first kappa shape index (κ1) is 11.5. The fourth-order valence-corrected chi connectivity index (χ4v) is 1.73. The van der Waals surface area contributed by atoms with Gasteiger partial charge in [-0.3, -0.25) is 9.59 Å². The minimum atomic E-state index is -0.233. The second kappa shape index (κ2) is 4.51. The van der Waals surface area contributed by atoms with Crippen molar-refractivity contribution < 1.29 is 4.79 Å². The van der Waals surface area contributed by atoms with Crippen LogP contribution in [-0.4, -0.2) is 16.1 Å². The zero-order chi connectivity index (χ0) is 12.4. The maximum absolute atomic E-state index is 11.5. The number of aryl methyl sites for hydroxylation is 1. The SMILES string of the molecule is Cn1nc(Cl)c(-c2ccc(C=O)cc2)cc1=O. The van der Waals surface area contributed by atoms with E-state index < -0.39 is 0 Å². The van der Waals surface area contributed by atoms with Gasteiger partial charge in [-0.2, -0.15) is 5.10 Å². The third-order valence-electron chi connectivity index (χ3n) is 2.40. The van der Waals surface area contributed by atoms with Crippen LogP contribution in [0.1, 0.15) is 10.4 Å². The predicted molar refractivity (Wildman–Crippen MR) is 65.3 cm³/mol. The highest BCUT2D eigenvalue weighted by Crippen LogP contribution is 2.24. The summed E-state index contributed by atoms with van der Waals surface area (Å²) in [4.78, 5) is 22.0. The number of carbonyl (C=O) groups is 1. The van der Waals surface area contributed by atoms with Gasteiger partial charge in [0.25, 0.3) is 5.56 Å². The van der Waals surface area contributed by atoms with Gasteiger partial charge < -0.3 is 0 Å². The second-order valence-corrected chi connectivity index (χ2v) is 3.91. The third-order valence-corrected chi connectivity index (χ3v) is 2.68. The number of hydrogen-bond acceptors (Lipinski definition) is 3. The van der Waals surface area contributed by atoms with Gasteiger partial charge in [-0.05, 0) is 5.56 Å². The molecule has 2 rings (SSSR count). The maximum atomic E-state index is 11.5. The van der Waals surface area contributed by atoms with Crippen molar-refractivity contribution >= 4 is 17.9 Å². The molecule has 0 aliphatic carbocycles. The average molecular weight is 249 g/mol. The van der Waals surface area contributed by atoms with Crippen LogP contribution >= 0.6 is 11.6 Å². The van der Waals surface area contributed by atoms with Crippen molar-refractivity contribution in [1.82, 2.24) is 9.78 Å². The fraction of sp³-hybridized carbons (Fsp3) is 0.0833. The smallest absolute Gasteiger partial charge is 0.267 e. The molecule has 17 heavy (non-hydrogen) atoms. The third kappa shape index (κ3) is 2.26. The van der Waals surface area contributed by atoms with Gasteiger partial charge in [0, 0.05) is 24.2 Å². The Morgan fingerprint density at radius 3 is 2.53 bits per heavy atom. The molecular weight excluding hydrogens is 240 g/mol. The zero-order valence-corrected chi connectivity index (χ0v) is 9.81. The Labute approximate surface area is 102 Å². The molecule has 0 radical (unpaired) electrons. The lowest BCUT2D eigenvalue weighted by atomic mass is 10.1. The van der Waals surface area contributed by atoms with E-state index in [-0.39, 0.29) is 10.7 Å². The first-order valence-corrected chi connectivity index (χ1v) is 5.29. The number of carbonyl (C=O) groups excluding carboxylic acids is 1. The van der Waals surface area contributed by atoms with E-state index in [4.69, 9.17) is 11.6 Å². The van der Waals surface area contributed by atoms with Gasteiger partial charge in [-0.25, -0.2) is 4.68 Å². The normalized spacial score (nSPS) is 10.2. The summed E-state index contributed by atoms with van der Waals surface area (Å²) in [5.74, 6) is 0. The molecule has 0 unspecified atom stereocenters. The van der Waals surface area contributed by atoms with E-state index >= 15 is 0 Å². The summed E-state index contributed by atoms with van der Waals surface area (Å²) in [6.07, 6.45) is 0.758. The maximum Gasteiger partial charge on any atom is 0.267 e. The Morgan fingerprint density at radius 1 is 1.29 bits per heavy atom. The molecule has 0 fully saturated rings. The molecule has 0 amide bonds. The quantitative estimate of drug-likeness (QED) is 0.763. The van der Waals surface area contributed by atoms with Gasteiger partial charge >= 0.3 is 0 Å². The topological polar surface area (TPSA) is 52.0 Å². The number of aldehydes is 1. The molecule has 1 aromatic heterocycles. The van der Waals surface area contributed by atoms with E-state index in [0.29, 0.717) is 11.1 Å². The van der Waals surface area contributed by atoms with Gasteiger partial charge in [0.1, 0.15) is 6.29 Å². The highest BCUT2D eigenvalue weighted by Gasteiger charge is 2.07. The molecule has 0 spiro atoms. The van der Waals surface area contributed by atoms with E-state index in [1.807, 2.05) is 0 Å². The second-order valence-electron chi connectivity index (χ2n) is 3.55. The molecule has 4 nitrogen and oxygen atoms in total. The van der Waals surface area contributed by atoms with Crippen LogP contribution in [0.25, 0.3) is 11.1 Å². The number of rotatable bonds is 2. The van der Waals surface area contributed by atoms with Crippen molar-refractivity contribution in [1.29, 1.82) is 0 Å². The number of nitrogens with zero attached hydrogens (tertiary/aromatic N) is 2. The molecule has 0 aliphatic rings. The first-order chi connectivity index (χ1) is 8.11. The number of halogens is 1. The lowest BCUT2D eigenvalue weighted by Gasteiger charge is -2.05. The molecule has 1 heterocycles. The summed E-state index contributed by atoms with van der Waals surface area (Å²) in [6.45, 7) is 0. The molecule has 5 heteroatoms. The summed E-state index contributed by atoms with van der Waals surface area (Å²) in [7, 11) is 1.54. The average Bonchev–Trinajstić information content (AvgIpc) is 2.34. The largest absolute Gasteiger partial charge is 0.298 e.